The molecule has 1 aliphatic heterocycles. The van der Waals surface area contributed by atoms with Gasteiger partial charge in [-0.05, 0) is 50.0 Å². The Kier molecular flexibility index (Phi) is 6.13. The van der Waals surface area contributed by atoms with Gasteiger partial charge in [-0.15, -0.1) is 0 Å². The molecule has 0 bridgehead atoms. The molecule has 6 rings (SSSR count). The summed E-state index contributed by atoms with van der Waals surface area (Å²) in [6.07, 6.45) is 0.877. The molecule has 0 aliphatic carbocycles. The van der Waals surface area contributed by atoms with Crippen LogP contribution in [0.5, 0.6) is 0 Å². The molecule has 0 radical (unpaired) electrons. The molecule has 2 heterocycles. The second-order valence-corrected chi connectivity index (χ2v) is 10.8. The number of hydrogen-bond donors (Lipinski definition) is 0. The highest BCUT2D eigenvalue weighted by Crippen LogP contribution is 2.37. The summed E-state index contributed by atoms with van der Waals surface area (Å²) < 4.78 is 12.6. The first-order valence-corrected chi connectivity index (χ1v) is 13.0. The second-order valence-electron chi connectivity index (χ2n) is 10.8. The SMILES string of the molecule is CC1(C)OB(c2cccc(-c3nc(-c4ccccc4)nc(-c4ccc5ccccc5c4C=O)n3)c2)OC1(C)C. The van der Waals surface area contributed by atoms with E-state index < -0.39 is 18.3 Å². The van der Waals surface area contributed by atoms with Gasteiger partial charge in [-0.2, -0.15) is 0 Å². The summed E-state index contributed by atoms with van der Waals surface area (Å²) in [5.41, 5.74) is 2.86. The van der Waals surface area contributed by atoms with Crippen molar-refractivity contribution < 1.29 is 14.1 Å². The van der Waals surface area contributed by atoms with Crippen LogP contribution in [0.3, 0.4) is 0 Å². The van der Waals surface area contributed by atoms with E-state index in [4.69, 9.17) is 24.3 Å². The Hall–Kier alpha value is -4.20. The van der Waals surface area contributed by atoms with Gasteiger partial charge in [0.1, 0.15) is 0 Å². The normalized spacial score (nSPS) is 15.9. The third-order valence-corrected chi connectivity index (χ3v) is 7.67. The zero-order chi connectivity index (χ0) is 27.2. The summed E-state index contributed by atoms with van der Waals surface area (Å²) in [5.74, 6) is 1.47. The van der Waals surface area contributed by atoms with Crippen molar-refractivity contribution in [1.82, 2.24) is 15.0 Å². The number of aromatic nitrogens is 3. The lowest BCUT2D eigenvalue weighted by molar-refractivity contribution is 0.00578. The largest absolute Gasteiger partial charge is 0.494 e. The highest BCUT2D eigenvalue weighted by Gasteiger charge is 2.51. The fourth-order valence-electron chi connectivity index (χ4n) is 4.76. The number of hydrogen-bond acceptors (Lipinski definition) is 6. The zero-order valence-corrected chi connectivity index (χ0v) is 22.4. The van der Waals surface area contributed by atoms with E-state index in [1.165, 1.54) is 0 Å². The fraction of sp³-hybridized carbons (Fsp3) is 0.188. The Balaban J connectivity index is 1.51. The van der Waals surface area contributed by atoms with E-state index in [1.54, 1.807) is 0 Å². The smallest absolute Gasteiger partial charge is 0.399 e. The van der Waals surface area contributed by atoms with E-state index in [9.17, 15) is 4.79 Å². The standard InChI is InChI=1S/C32H28BN3O3/c1-31(2)32(3,4)39-33(38-31)24-15-10-14-23(19-24)29-34-28(22-12-6-5-7-13-22)35-30(36-29)26-18-17-21-11-8-9-16-25(21)27(26)20-37/h5-20H,1-4H3. The molecule has 0 N–H and O–H groups in total. The molecule has 1 fully saturated rings. The topological polar surface area (TPSA) is 74.2 Å². The van der Waals surface area contributed by atoms with Crippen LogP contribution in [0.25, 0.3) is 44.9 Å². The minimum Gasteiger partial charge on any atom is -0.399 e. The first-order chi connectivity index (χ1) is 18.8. The number of carbonyl (C=O) groups excluding carboxylic acids is 1. The molecule has 1 aliphatic rings. The zero-order valence-electron chi connectivity index (χ0n) is 22.4. The summed E-state index contributed by atoms with van der Waals surface area (Å²) in [4.78, 5) is 26.9. The van der Waals surface area contributed by atoms with Crippen molar-refractivity contribution in [2.24, 2.45) is 0 Å². The maximum Gasteiger partial charge on any atom is 0.494 e. The molecule has 1 saturated heterocycles. The van der Waals surface area contributed by atoms with Gasteiger partial charge in [0, 0.05) is 22.3 Å². The molecular formula is C32H28BN3O3. The molecule has 0 unspecified atom stereocenters. The number of benzene rings is 4. The highest BCUT2D eigenvalue weighted by atomic mass is 16.7. The van der Waals surface area contributed by atoms with Crippen LogP contribution in [0.15, 0.2) is 91.0 Å². The Labute approximate surface area is 228 Å². The molecule has 192 valence electrons. The number of rotatable bonds is 5. The molecule has 0 atom stereocenters. The first-order valence-electron chi connectivity index (χ1n) is 13.0. The number of fused-ring (bicyclic) bond motifs is 1. The second kappa shape index (κ2) is 9.52. The average molecular weight is 513 g/mol. The first kappa shape index (κ1) is 25.1. The van der Waals surface area contributed by atoms with Gasteiger partial charge in [-0.1, -0.05) is 84.9 Å². The van der Waals surface area contributed by atoms with Crippen LogP contribution < -0.4 is 5.46 Å². The van der Waals surface area contributed by atoms with E-state index in [0.717, 1.165) is 33.6 Å². The molecule has 0 amide bonds. The molecule has 5 aromatic rings. The summed E-state index contributed by atoms with van der Waals surface area (Å²) in [6, 6.07) is 29.4. The lowest BCUT2D eigenvalue weighted by Gasteiger charge is -2.32. The van der Waals surface area contributed by atoms with E-state index in [0.29, 0.717) is 28.6 Å². The Morgan fingerprint density at radius 1 is 0.667 bits per heavy atom. The van der Waals surface area contributed by atoms with Crippen molar-refractivity contribution >= 4 is 29.6 Å². The summed E-state index contributed by atoms with van der Waals surface area (Å²) in [5, 5.41) is 1.84. The van der Waals surface area contributed by atoms with Gasteiger partial charge in [0.25, 0.3) is 0 Å². The van der Waals surface area contributed by atoms with Crippen molar-refractivity contribution in [3.8, 4) is 34.2 Å². The third kappa shape index (κ3) is 4.54. The molecule has 39 heavy (non-hydrogen) atoms. The average Bonchev–Trinajstić information content (AvgIpc) is 3.19. The molecule has 1 aromatic heterocycles. The molecule has 0 saturated carbocycles. The maximum absolute atomic E-state index is 12.3. The van der Waals surface area contributed by atoms with Crippen LogP contribution >= 0.6 is 0 Å². The molecule has 0 spiro atoms. The van der Waals surface area contributed by atoms with E-state index in [1.807, 2.05) is 119 Å². The fourth-order valence-corrected chi connectivity index (χ4v) is 4.76. The van der Waals surface area contributed by atoms with Crippen LogP contribution in [0.2, 0.25) is 0 Å². The molecular weight excluding hydrogens is 485 g/mol. The lowest BCUT2D eigenvalue weighted by atomic mass is 9.78. The Morgan fingerprint density at radius 2 is 1.28 bits per heavy atom. The molecule has 7 heteroatoms. The van der Waals surface area contributed by atoms with Gasteiger partial charge in [0.2, 0.25) is 0 Å². The van der Waals surface area contributed by atoms with Crippen LogP contribution in [0.1, 0.15) is 38.1 Å². The summed E-state index contributed by atoms with van der Waals surface area (Å²) in [6.45, 7) is 8.15. The number of aldehydes is 1. The maximum atomic E-state index is 12.3. The molecule has 6 nitrogen and oxygen atoms in total. The van der Waals surface area contributed by atoms with E-state index in [2.05, 4.69) is 0 Å². The van der Waals surface area contributed by atoms with Crippen molar-refractivity contribution in [2.45, 2.75) is 38.9 Å². The predicted octanol–water partition coefficient (Wildman–Crippen LogP) is 6.14. The van der Waals surface area contributed by atoms with Gasteiger partial charge < -0.3 is 9.31 Å². The monoisotopic (exact) mass is 513 g/mol. The quantitative estimate of drug-likeness (QED) is 0.208. The minimum atomic E-state index is -0.507. The van der Waals surface area contributed by atoms with Gasteiger partial charge >= 0.3 is 7.12 Å². The molecule has 4 aromatic carbocycles. The summed E-state index contributed by atoms with van der Waals surface area (Å²) in [7, 11) is -0.507. The number of carbonyl (C=O) groups is 1. The van der Waals surface area contributed by atoms with Crippen molar-refractivity contribution in [3.05, 3.63) is 96.6 Å². The lowest BCUT2D eigenvalue weighted by Crippen LogP contribution is -2.41. The number of nitrogens with zero attached hydrogens (tertiary/aromatic N) is 3. The summed E-state index contributed by atoms with van der Waals surface area (Å²) >= 11 is 0. The van der Waals surface area contributed by atoms with Crippen LogP contribution in [0, 0.1) is 0 Å². The highest BCUT2D eigenvalue weighted by molar-refractivity contribution is 6.62. The van der Waals surface area contributed by atoms with Gasteiger partial charge in [-0.25, -0.2) is 15.0 Å². The third-order valence-electron chi connectivity index (χ3n) is 7.67. The van der Waals surface area contributed by atoms with Crippen molar-refractivity contribution in [3.63, 3.8) is 0 Å². The van der Waals surface area contributed by atoms with Crippen molar-refractivity contribution in [2.75, 3.05) is 0 Å². The van der Waals surface area contributed by atoms with Gasteiger partial charge in [0.15, 0.2) is 23.8 Å². The van der Waals surface area contributed by atoms with Crippen LogP contribution in [-0.4, -0.2) is 39.6 Å². The van der Waals surface area contributed by atoms with E-state index >= 15 is 0 Å². The predicted molar refractivity (Wildman–Crippen MR) is 155 cm³/mol. The van der Waals surface area contributed by atoms with Crippen LogP contribution in [-0.2, 0) is 9.31 Å². The Morgan fingerprint density at radius 3 is 2.00 bits per heavy atom. The van der Waals surface area contributed by atoms with Gasteiger partial charge in [-0.3, -0.25) is 4.79 Å². The Bertz CT molecular complexity index is 1690. The minimum absolute atomic E-state index is 0.438. The van der Waals surface area contributed by atoms with Gasteiger partial charge in [0.05, 0.1) is 11.2 Å². The van der Waals surface area contributed by atoms with E-state index in [-0.39, 0.29) is 0 Å². The van der Waals surface area contributed by atoms with Crippen molar-refractivity contribution in [1.29, 1.82) is 0 Å². The van der Waals surface area contributed by atoms with Crippen LogP contribution in [0.4, 0.5) is 0 Å².